The third-order valence-electron chi connectivity index (χ3n) is 8.38. The van der Waals surface area contributed by atoms with Gasteiger partial charge in [-0.2, -0.15) is 0 Å². The minimum atomic E-state index is -1.13. The Balaban J connectivity index is 1.45. The lowest BCUT2D eigenvalue weighted by Gasteiger charge is -2.42. The van der Waals surface area contributed by atoms with E-state index in [0.29, 0.717) is 25.2 Å². The summed E-state index contributed by atoms with van der Waals surface area (Å²) < 4.78 is 41.1. The zero-order valence-electron chi connectivity index (χ0n) is 23.8. The van der Waals surface area contributed by atoms with Gasteiger partial charge in [0.05, 0.1) is 38.0 Å². The molecule has 3 atom stereocenters. The molecule has 14 heteroatoms. The van der Waals surface area contributed by atoms with Crippen LogP contribution in [0.15, 0.2) is 52.7 Å². The van der Waals surface area contributed by atoms with E-state index in [9.17, 15) is 23.2 Å². The largest absolute Gasteiger partial charge is 0.483 e. The number of benzene rings is 1. The van der Waals surface area contributed by atoms with Crippen molar-refractivity contribution in [3.8, 4) is 5.75 Å². The average Bonchev–Trinajstić information content (AvgIpc) is 3.41. The second-order valence-corrected chi connectivity index (χ2v) is 11.4. The highest BCUT2D eigenvalue weighted by Crippen LogP contribution is 2.46. The van der Waals surface area contributed by atoms with Crippen LogP contribution >= 0.6 is 11.6 Å². The van der Waals surface area contributed by atoms with Crippen molar-refractivity contribution in [1.82, 2.24) is 19.8 Å². The van der Waals surface area contributed by atoms with E-state index in [1.165, 1.54) is 13.3 Å². The third kappa shape index (κ3) is 5.04. The number of carbonyl (C=O) groups excluding carboxylic acids is 2. The van der Waals surface area contributed by atoms with Crippen LogP contribution < -0.4 is 15.5 Å². The zero-order chi connectivity index (χ0) is 31.2. The molecule has 6 rings (SSSR count). The maximum absolute atomic E-state index is 14.5. The number of carbonyl (C=O) groups is 2. The number of hydrogen-bond acceptors (Lipinski definition) is 8. The van der Waals surface area contributed by atoms with E-state index in [1.54, 1.807) is 33.7 Å². The molecule has 3 aliphatic heterocycles. The van der Waals surface area contributed by atoms with Gasteiger partial charge in [0.15, 0.2) is 28.7 Å². The van der Waals surface area contributed by atoms with Crippen molar-refractivity contribution in [1.29, 1.82) is 0 Å². The molecule has 0 saturated carbocycles. The number of aromatic nitrogens is 2. The topological polar surface area (TPSA) is 124 Å². The molecule has 44 heavy (non-hydrogen) atoms. The number of oxime groups is 1. The normalized spacial score (nSPS) is 22.2. The van der Waals surface area contributed by atoms with Crippen molar-refractivity contribution < 1.29 is 32.7 Å². The van der Waals surface area contributed by atoms with E-state index in [1.807, 2.05) is 13.0 Å². The van der Waals surface area contributed by atoms with Gasteiger partial charge in [-0.3, -0.25) is 19.4 Å². The van der Waals surface area contributed by atoms with E-state index >= 15 is 0 Å². The molecular weight excluding hydrogens is 600 g/mol. The van der Waals surface area contributed by atoms with Crippen LogP contribution in [0.3, 0.4) is 0 Å². The molecule has 11 nitrogen and oxygen atoms in total. The Morgan fingerprint density at radius 1 is 1.25 bits per heavy atom. The maximum Gasteiger partial charge on any atom is 0.274 e. The van der Waals surface area contributed by atoms with Crippen molar-refractivity contribution in [2.75, 3.05) is 13.7 Å². The number of pyridine rings is 2. The Morgan fingerprint density at radius 2 is 2.02 bits per heavy atom. The number of rotatable bonds is 6. The van der Waals surface area contributed by atoms with E-state index in [4.69, 9.17) is 25.9 Å². The van der Waals surface area contributed by atoms with Gasteiger partial charge in [0.1, 0.15) is 17.2 Å². The van der Waals surface area contributed by atoms with Crippen LogP contribution in [0.25, 0.3) is 0 Å². The first-order valence-corrected chi connectivity index (χ1v) is 14.3. The quantitative estimate of drug-likeness (QED) is 0.438. The smallest absolute Gasteiger partial charge is 0.274 e. The summed E-state index contributed by atoms with van der Waals surface area (Å²) in [5.74, 6) is -3.40. The molecule has 2 amide bonds. The number of halogens is 3. The van der Waals surface area contributed by atoms with E-state index in [-0.39, 0.29) is 41.9 Å². The number of methoxy groups -OCH3 is 1. The fourth-order valence-electron chi connectivity index (χ4n) is 5.90. The van der Waals surface area contributed by atoms with Crippen molar-refractivity contribution in [2.24, 2.45) is 5.16 Å². The Morgan fingerprint density at radius 3 is 2.75 bits per heavy atom. The number of hydrogen-bond donors (Lipinski definition) is 1. The molecule has 1 fully saturated rings. The van der Waals surface area contributed by atoms with Crippen molar-refractivity contribution >= 4 is 29.3 Å². The SMILES string of the molecule is COC1=NO[C@@]2(CC[C@H](C)N3C[C@H]2n2cc(C(=O)NCc4ncc(F)c(Cl)c4F)c(=O)c(OCc4ccccc4)c2C3=O)C1. The number of fused-ring (bicyclic) bond motifs is 5. The van der Waals surface area contributed by atoms with Gasteiger partial charge in [-0.05, 0) is 25.3 Å². The lowest BCUT2D eigenvalue weighted by molar-refractivity contribution is -0.0656. The van der Waals surface area contributed by atoms with Gasteiger partial charge in [0.2, 0.25) is 11.3 Å². The number of nitrogens with one attached hydrogen (secondary N) is 1. The van der Waals surface area contributed by atoms with Gasteiger partial charge < -0.3 is 29.1 Å². The van der Waals surface area contributed by atoms with Crippen LogP contribution in [0, 0.1) is 11.6 Å². The molecule has 1 N–H and O–H groups in total. The molecule has 1 aromatic carbocycles. The molecule has 230 valence electrons. The predicted octanol–water partition coefficient (Wildman–Crippen LogP) is 3.98. The van der Waals surface area contributed by atoms with E-state index < -0.39 is 52.1 Å². The van der Waals surface area contributed by atoms with Crippen molar-refractivity contribution in [3.05, 3.63) is 92.1 Å². The molecule has 1 saturated heterocycles. The lowest BCUT2D eigenvalue weighted by atomic mass is 9.85. The van der Waals surface area contributed by atoms with Crippen LogP contribution in [0.2, 0.25) is 5.02 Å². The molecule has 3 aromatic rings. The summed E-state index contributed by atoms with van der Waals surface area (Å²) in [6.07, 6.45) is 3.46. The first kappa shape index (κ1) is 29.5. The summed E-state index contributed by atoms with van der Waals surface area (Å²) in [7, 11) is 1.49. The summed E-state index contributed by atoms with van der Waals surface area (Å²) >= 11 is 5.65. The molecular formula is C30H28ClF2N5O6. The van der Waals surface area contributed by atoms with E-state index in [0.717, 1.165) is 11.8 Å². The highest BCUT2D eigenvalue weighted by Gasteiger charge is 2.54. The average molecular weight is 628 g/mol. The van der Waals surface area contributed by atoms with Gasteiger partial charge in [-0.15, -0.1) is 0 Å². The Kier molecular flexibility index (Phi) is 7.74. The van der Waals surface area contributed by atoms with Crippen LogP contribution in [-0.4, -0.2) is 57.5 Å². The predicted molar refractivity (Wildman–Crippen MR) is 153 cm³/mol. The van der Waals surface area contributed by atoms with E-state index in [2.05, 4.69) is 15.5 Å². The zero-order valence-corrected chi connectivity index (χ0v) is 24.6. The number of ether oxygens (including phenoxy) is 2. The van der Waals surface area contributed by atoms with Crippen LogP contribution in [0.5, 0.6) is 5.75 Å². The molecule has 3 aliphatic rings. The lowest BCUT2D eigenvalue weighted by Crippen LogP contribution is -2.52. The third-order valence-corrected chi connectivity index (χ3v) is 8.72. The van der Waals surface area contributed by atoms with Gasteiger partial charge >= 0.3 is 0 Å². The summed E-state index contributed by atoms with van der Waals surface area (Å²) in [6.45, 7) is 1.61. The highest BCUT2D eigenvalue weighted by atomic mass is 35.5. The molecule has 1 spiro atoms. The number of amides is 2. The minimum absolute atomic E-state index is 0.0145. The Bertz CT molecular complexity index is 1730. The molecule has 5 heterocycles. The summed E-state index contributed by atoms with van der Waals surface area (Å²) in [6, 6.07) is 8.29. The van der Waals surface area contributed by atoms with Crippen molar-refractivity contribution in [2.45, 2.75) is 57.0 Å². The molecule has 0 radical (unpaired) electrons. The van der Waals surface area contributed by atoms with Crippen LogP contribution in [0.4, 0.5) is 8.78 Å². The van der Waals surface area contributed by atoms with Gasteiger partial charge in [-0.25, -0.2) is 8.78 Å². The molecule has 0 unspecified atom stereocenters. The standard InChI is InChI=1S/C30H28ClF2N5O6/c1-16-8-9-30(10-22(42-2)36-44-30)21-14-37(16)29(41)25-27(43-15-17-6-4-3-5-7-17)26(39)18(13-38(21)25)28(40)35-12-20-24(33)23(31)19(32)11-34-20/h3-7,11,13,16,21H,8-10,12,14-15H2,1-2H3,(H,35,40)/t16-,21+,30-/m0/s1. The van der Waals surface area contributed by atoms with Crippen LogP contribution in [0.1, 0.15) is 64.3 Å². The van der Waals surface area contributed by atoms with Gasteiger partial charge in [-0.1, -0.05) is 47.1 Å². The van der Waals surface area contributed by atoms with Crippen LogP contribution in [-0.2, 0) is 22.7 Å². The first-order chi connectivity index (χ1) is 21.1. The second kappa shape index (κ2) is 11.5. The number of nitrogens with zero attached hydrogens (tertiary/aromatic N) is 4. The Hall–Kier alpha value is -4.52. The summed E-state index contributed by atoms with van der Waals surface area (Å²) in [5.41, 5.74) is -1.72. The second-order valence-electron chi connectivity index (χ2n) is 11.0. The fraction of sp³-hybridized carbons (Fsp3) is 0.367. The van der Waals surface area contributed by atoms with Crippen molar-refractivity contribution in [3.63, 3.8) is 0 Å². The minimum Gasteiger partial charge on any atom is -0.483 e. The van der Waals surface area contributed by atoms with Gasteiger partial charge in [0.25, 0.3) is 11.8 Å². The fourth-order valence-corrected chi connectivity index (χ4v) is 6.06. The highest BCUT2D eigenvalue weighted by molar-refractivity contribution is 6.30. The summed E-state index contributed by atoms with van der Waals surface area (Å²) in [4.78, 5) is 52.8. The monoisotopic (exact) mass is 627 g/mol. The maximum atomic E-state index is 14.5. The first-order valence-electron chi connectivity index (χ1n) is 14.0. The van der Waals surface area contributed by atoms with Gasteiger partial charge in [0, 0.05) is 18.8 Å². The summed E-state index contributed by atoms with van der Waals surface area (Å²) in [5, 5.41) is 5.81. The molecule has 0 aliphatic carbocycles. The molecule has 2 bridgehead atoms. The molecule has 2 aromatic heterocycles. The Labute approximate surface area is 255 Å².